The van der Waals surface area contributed by atoms with Gasteiger partial charge in [0.15, 0.2) is 0 Å². The summed E-state index contributed by atoms with van der Waals surface area (Å²) in [5.41, 5.74) is 4.88. The van der Waals surface area contributed by atoms with Crippen molar-refractivity contribution in [3.05, 3.63) is 55.1 Å². The monoisotopic (exact) mass is 375 g/mol. The third-order valence-electron chi connectivity index (χ3n) is 4.87. The largest absolute Gasteiger partial charge is 0.378 e. The molecule has 0 atom stereocenters. The average Bonchev–Trinajstić information content (AvgIpc) is 3.35. The average molecular weight is 375 g/mol. The van der Waals surface area contributed by atoms with Gasteiger partial charge in [-0.2, -0.15) is 0 Å². The van der Waals surface area contributed by atoms with E-state index in [0.717, 1.165) is 48.9 Å². The van der Waals surface area contributed by atoms with Crippen LogP contribution in [-0.2, 0) is 11.8 Å². The van der Waals surface area contributed by atoms with Crippen molar-refractivity contribution in [2.24, 2.45) is 7.05 Å². The molecule has 0 aliphatic carbocycles. The highest BCUT2D eigenvalue weighted by atomic mass is 16.5. The van der Waals surface area contributed by atoms with E-state index in [4.69, 9.17) is 4.74 Å². The highest BCUT2D eigenvalue weighted by Crippen LogP contribution is 2.23. The Bertz CT molecular complexity index is 1090. The standard InChI is InChI=1S/C20H21N7O/c1-25-13-18(22-14-25)19-7-6-17-12-21-20(24-27(17)19)23-15-2-4-16(5-3-15)26-8-10-28-11-9-26/h2-7,12-14H,8-11H2,1H3,(H,23,24). The lowest BCUT2D eigenvalue weighted by Crippen LogP contribution is -2.36. The number of nitrogens with one attached hydrogen (secondary N) is 1. The van der Waals surface area contributed by atoms with Gasteiger partial charge in [0, 0.05) is 37.7 Å². The Morgan fingerprint density at radius 3 is 2.57 bits per heavy atom. The fraction of sp³-hybridized carbons (Fsp3) is 0.250. The number of hydrogen-bond donors (Lipinski definition) is 1. The number of aromatic nitrogens is 5. The number of imidazole rings is 1. The van der Waals surface area contributed by atoms with Crippen LogP contribution in [0.5, 0.6) is 0 Å². The van der Waals surface area contributed by atoms with Crippen LogP contribution in [0.2, 0.25) is 0 Å². The normalized spacial score (nSPS) is 14.5. The zero-order chi connectivity index (χ0) is 18.9. The van der Waals surface area contributed by atoms with E-state index < -0.39 is 0 Å². The number of rotatable bonds is 4. The number of hydrogen-bond acceptors (Lipinski definition) is 6. The number of fused-ring (bicyclic) bond motifs is 1. The Morgan fingerprint density at radius 2 is 1.82 bits per heavy atom. The van der Waals surface area contributed by atoms with Crippen LogP contribution in [-0.4, -0.2) is 50.5 Å². The number of anilines is 3. The van der Waals surface area contributed by atoms with Crippen molar-refractivity contribution in [1.29, 1.82) is 0 Å². The Hall–Kier alpha value is -3.39. The summed E-state index contributed by atoms with van der Waals surface area (Å²) in [6.07, 6.45) is 5.57. The van der Waals surface area contributed by atoms with Crippen LogP contribution in [0, 0.1) is 0 Å². The topological polar surface area (TPSA) is 72.5 Å². The predicted molar refractivity (Wildman–Crippen MR) is 108 cm³/mol. The van der Waals surface area contributed by atoms with Gasteiger partial charge in [-0.3, -0.25) is 0 Å². The van der Waals surface area contributed by atoms with Crippen LogP contribution in [0.25, 0.3) is 16.9 Å². The van der Waals surface area contributed by atoms with Gasteiger partial charge in [0.25, 0.3) is 0 Å². The second kappa shape index (κ2) is 6.97. The summed E-state index contributed by atoms with van der Waals surface area (Å²) in [6, 6.07) is 12.3. The van der Waals surface area contributed by atoms with Gasteiger partial charge in [0.2, 0.25) is 5.95 Å². The van der Waals surface area contributed by atoms with Crippen molar-refractivity contribution in [3.63, 3.8) is 0 Å². The van der Waals surface area contributed by atoms with Gasteiger partial charge < -0.3 is 19.5 Å². The van der Waals surface area contributed by atoms with Crippen molar-refractivity contribution in [3.8, 4) is 11.4 Å². The van der Waals surface area contributed by atoms with Crippen molar-refractivity contribution in [2.75, 3.05) is 36.5 Å². The first kappa shape index (κ1) is 16.8. The molecule has 1 N–H and O–H groups in total. The first-order valence-corrected chi connectivity index (χ1v) is 9.29. The van der Waals surface area contributed by atoms with E-state index in [9.17, 15) is 0 Å². The van der Waals surface area contributed by atoms with E-state index >= 15 is 0 Å². The van der Waals surface area contributed by atoms with Gasteiger partial charge in [-0.1, -0.05) is 0 Å². The number of aryl methyl sites for hydroxylation is 1. The molecular formula is C20H21N7O. The van der Waals surface area contributed by atoms with Crippen LogP contribution in [0.3, 0.4) is 0 Å². The van der Waals surface area contributed by atoms with Gasteiger partial charge in [0.1, 0.15) is 5.69 Å². The van der Waals surface area contributed by atoms with Crippen molar-refractivity contribution in [1.82, 2.24) is 24.1 Å². The second-order valence-corrected chi connectivity index (χ2v) is 6.83. The van der Waals surface area contributed by atoms with Gasteiger partial charge in [-0.15, -0.1) is 5.10 Å². The summed E-state index contributed by atoms with van der Waals surface area (Å²) < 4.78 is 9.20. The summed E-state index contributed by atoms with van der Waals surface area (Å²) in [5, 5.41) is 7.93. The maximum absolute atomic E-state index is 5.42. The molecule has 0 bridgehead atoms. The minimum absolute atomic E-state index is 0.542. The molecule has 0 amide bonds. The molecular weight excluding hydrogens is 354 g/mol. The van der Waals surface area contributed by atoms with E-state index in [1.54, 1.807) is 6.33 Å². The van der Waals surface area contributed by atoms with Crippen molar-refractivity contribution < 1.29 is 4.74 Å². The van der Waals surface area contributed by atoms with Crippen molar-refractivity contribution >= 4 is 22.8 Å². The molecule has 142 valence electrons. The minimum atomic E-state index is 0.542. The molecule has 0 saturated carbocycles. The Morgan fingerprint density at radius 1 is 1.00 bits per heavy atom. The molecule has 1 aliphatic rings. The molecule has 0 radical (unpaired) electrons. The maximum atomic E-state index is 5.42. The molecule has 1 aromatic carbocycles. The van der Waals surface area contributed by atoms with Gasteiger partial charge >= 0.3 is 0 Å². The van der Waals surface area contributed by atoms with Crippen LogP contribution in [0.1, 0.15) is 0 Å². The van der Waals surface area contributed by atoms with E-state index in [0.29, 0.717) is 5.95 Å². The first-order valence-electron chi connectivity index (χ1n) is 9.29. The summed E-state index contributed by atoms with van der Waals surface area (Å²) in [5.74, 6) is 0.542. The van der Waals surface area contributed by atoms with E-state index in [1.165, 1.54) is 5.69 Å². The zero-order valence-corrected chi connectivity index (χ0v) is 15.6. The fourth-order valence-corrected chi connectivity index (χ4v) is 3.40. The first-order chi connectivity index (χ1) is 13.8. The molecule has 1 aliphatic heterocycles. The molecule has 3 aromatic heterocycles. The SMILES string of the molecule is Cn1cnc(-c2ccc3cnc(Nc4ccc(N5CCOCC5)cc4)nn23)c1. The van der Waals surface area contributed by atoms with Gasteiger partial charge in [0.05, 0.1) is 36.9 Å². The molecule has 4 heterocycles. The number of nitrogens with zero attached hydrogens (tertiary/aromatic N) is 6. The number of benzene rings is 1. The highest BCUT2D eigenvalue weighted by Gasteiger charge is 2.12. The summed E-state index contributed by atoms with van der Waals surface area (Å²) in [7, 11) is 1.95. The third-order valence-corrected chi connectivity index (χ3v) is 4.87. The summed E-state index contributed by atoms with van der Waals surface area (Å²) >= 11 is 0. The van der Waals surface area contributed by atoms with Crippen LogP contribution in [0.15, 0.2) is 55.1 Å². The quantitative estimate of drug-likeness (QED) is 0.591. The smallest absolute Gasteiger partial charge is 0.245 e. The number of morpholine rings is 1. The molecule has 0 spiro atoms. The molecule has 5 rings (SSSR count). The summed E-state index contributed by atoms with van der Waals surface area (Å²) in [6.45, 7) is 3.42. The molecule has 0 unspecified atom stereocenters. The van der Waals surface area contributed by atoms with E-state index in [-0.39, 0.29) is 0 Å². The highest BCUT2D eigenvalue weighted by molar-refractivity contribution is 5.64. The van der Waals surface area contributed by atoms with E-state index in [1.807, 2.05) is 52.8 Å². The molecule has 8 heteroatoms. The van der Waals surface area contributed by atoms with Crippen LogP contribution < -0.4 is 10.2 Å². The van der Waals surface area contributed by atoms with E-state index in [2.05, 4.69) is 37.4 Å². The van der Waals surface area contributed by atoms with Gasteiger partial charge in [-0.25, -0.2) is 14.5 Å². The Labute approximate surface area is 162 Å². The summed E-state index contributed by atoms with van der Waals surface area (Å²) in [4.78, 5) is 11.2. The second-order valence-electron chi connectivity index (χ2n) is 6.83. The fourth-order valence-electron chi connectivity index (χ4n) is 3.40. The predicted octanol–water partition coefficient (Wildman–Crippen LogP) is 2.71. The van der Waals surface area contributed by atoms with Gasteiger partial charge in [-0.05, 0) is 36.4 Å². The molecule has 1 saturated heterocycles. The molecule has 28 heavy (non-hydrogen) atoms. The van der Waals surface area contributed by atoms with Crippen molar-refractivity contribution in [2.45, 2.75) is 0 Å². The molecule has 4 aromatic rings. The Balaban J connectivity index is 1.39. The lowest BCUT2D eigenvalue weighted by molar-refractivity contribution is 0.122. The molecule has 1 fully saturated rings. The number of ether oxygens (including phenoxy) is 1. The molecule has 8 nitrogen and oxygen atoms in total. The Kier molecular flexibility index (Phi) is 4.17. The third kappa shape index (κ3) is 3.18. The lowest BCUT2D eigenvalue weighted by atomic mass is 10.2. The van der Waals surface area contributed by atoms with Crippen LogP contribution in [0.4, 0.5) is 17.3 Å². The van der Waals surface area contributed by atoms with Crippen LogP contribution >= 0.6 is 0 Å². The lowest BCUT2D eigenvalue weighted by Gasteiger charge is -2.28. The zero-order valence-electron chi connectivity index (χ0n) is 15.6. The maximum Gasteiger partial charge on any atom is 0.245 e. The minimum Gasteiger partial charge on any atom is -0.378 e.